The van der Waals surface area contributed by atoms with Crippen molar-refractivity contribution in [3.63, 3.8) is 0 Å². The highest BCUT2D eigenvalue weighted by Crippen LogP contribution is 2.24. The summed E-state index contributed by atoms with van der Waals surface area (Å²) in [6.45, 7) is 4.92. The van der Waals surface area contributed by atoms with Crippen LogP contribution in [0.25, 0.3) is 0 Å². The van der Waals surface area contributed by atoms with Crippen molar-refractivity contribution in [3.05, 3.63) is 64.2 Å². The number of likely N-dealkylation sites (tertiary alicyclic amines) is 1. The van der Waals surface area contributed by atoms with E-state index in [-0.39, 0.29) is 24.2 Å². The maximum Gasteiger partial charge on any atom is 0.229 e. The van der Waals surface area contributed by atoms with Crippen LogP contribution in [0.5, 0.6) is 0 Å². The highest BCUT2D eigenvalue weighted by molar-refractivity contribution is 6.30. The summed E-state index contributed by atoms with van der Waals surface area (Å²) in [5, 5.41) is 3.55. The molecule has 0 aromatic heterocycles. The van der Waals surface area contributed by atoms with Crippen molar-refractivity contribution in [1.29, 1.82) is 0 Å². The van der Waals surface area contributed by atoms with Crippen molar-refractivity contribution < 1.29 is 9.59 Å². The minimum absolute atomic E-state index is 0.0218. The molecule has 1 aliphatic heterocycles. The van der Waals surface area contributed by atoms with Crippen LogP contribution in [0.4, 0.5) is 5.69 Å². The van der Waals surface area contributed by atoms with Crippen LogP contribution in [0.2, 0.25) is 5.02 Å². The summed E-state index contributed by atoms with van der Waals surface area (Å²) in [6, 6.07) is 13.4. The molecular weight excluding hydrogens is 336 g/mol. The zero-order valence-corrected chi connectivity index (χ0v) is 15.1. The molecule has 1 fully saturated rings. The Morgan fingerprint density at radius 3 is 2.60 bits per heavy atom. The summed E-state index contributed by atoms with van der Waals surface area (Å²) in [5.74, 6) is -0.424. The van der Waals surface area contributed by atoms with Crippen molar-refractivity contribution in [1.82, 2.24) is 4.90 Å². The lowest BCUT2D eigenvalue weighted by Gasteiger charge is -2.17. The molecule has 1 atom stereocenters. The average molecular weight is 357 g/mol. The third-order valence-corrected chi connectivity index (χ3v) is 4.76. The number of amides is 2. The van der Waals surface area contributed by atoms with Gasteiger partial charge in [0.2, 0.25) is 11.8 Å². The predicted molar refractivity (Wildman–Crippen MR) is 99.5 cm³/mol. The van der Waals surface area contributed by atoms with E-state index in [0.717, 1.165) is 16.8 Å². The third-order valence-electron chi connectivity index (χ3n) is 4.53. The summed E-state index contributed by atoms with van der Waals surface area (Å²) in [6.07, 6.45) is 0.254. The maximum atomic E-state index is 12.5. The predicted octanol–water partition coefficient (Wildman–Crippen LogP) is 3.94. The summed E-state index contributed by atoms with van der Waals surface area (Å²) >= 11 is 5.94. The normalized spacial score (nSPS) is 17.0. The third kappa shape index (κ3) is 4.20. The SMILES string of the molecule is Cc1ccc(CN2C[C@H](C(=O)Nc3ccc(Cl)cc3C)CC2=O)cc1. The summed E-state index contributed by atoms with van der Waals surface area (Å²) in [5.41, 5.74) is 3.90. The van der Waals surface area contributed by atoms with E-state index in [1.807, 2.05) is 38.1 Å². The van der Waals surface area contributed by atoms with E-state index in [0.29, 0.717) is 18.1 Å². The van der Waals surface area contributed by atoms with Gasteiger partial charge in [-0.2, -0.15) is 0 Å². The van der Waals surface area contributed by atoms with E-state index >= 15 is 0 Å². The number of carbonyl (C=O) groups is 2. The van der Waals surface area contributed by atoms with Crippen molar-refractivity contribution in [2.24, 2.45) is 5.92 Å². The Kier molecular flexibility index (Phi) is 5.09. The molecule has 25 heavy (non-hydrogen) atoms. The lowest BCUT2D eigenvalue weighted by molar-refractivity contribution is -0.128. The van der Waals surface area contributed by atoms with E-state index in [1.54, 1.807) is 23.1 Å². The van der Waals surface area contributed by atoms with Crippen LogP contribution in [0.15, 0.2) is 42.5 Å². The second-order valence-electron chi connectivity index (χ2n) is 6.61. The van der Waals surface area contributed by atoms with Crippen molar-refractivity contribution >= 4 is 29.1 Å². The number of carbonyl (C=O) groups excluding carboxylic acids is 2. The second kappa shape index (κ2) is 7.28. The molecule has 1 heterocycles. The van der Waals surface area contributed by atoms with Gasteiger partial charge in [-0.1, -0.05) is 41.4 Å². The highest BCUT2D eigenvalue weighted by atomic mass is 35.5. The number of aryl methyl sites for hydroxylation is 2. The molecule has 1 saturated heterocycles. The topological polar surface area (TPSA) is 49.4 Å². The molecule has 0 unspecified atom stereocenters. The van der Waals surface area contributed by atoms with Gasteiger partial charge in [0.1, 0.15) is 0 Å². The van der Waals surface area contributed by atoms with Crippen LogP contribution >= 0.6 is 11.6 Å². The fraction of sp³-hybridized carbons (Fsp3) is 0.300. The number of rotatable bonds is 4. The molecule has 0 spiro atoms. The Balaban J connectivity index is 1.63. The first-order chi connectivity index (χ1) is 11.9. The average Bonchev–Trinajstić information content (AvgIpc) is 2.93. The first kappa shape index (κ1) is 17.5. The molecule has 3 rings (SSSR count). The van der Waals surface area contributed by atoms with Crippen LogP contribution in [-0.4, -0.2) is 23.3 Å². The van der Waals surface area contributed by atoms with Crippen LogP contribution in [0, 0.1) is 19.8 Å². The smallest absolute Gasteiger partial charge is 0.229 e. The van der Waals surface area contributed by atoms with Crippen LogP contribution < -0.4 is 5.32 Å². The first-order valence-electron chi connectivity index (χ1n) is 8.32. The van der Waals surface area contributed by atoms with Crippen LogP contribution in [0.1, 0.15) is 23.1 Å². The lowest BCUT2D eigenvalue weighted by Crippen LogP contribution is -2.28. The van der Waals surface area contributed by atoms with Gasteiger partial charge in [-0.3, -0.25) is 9.59 Å². The minimum atomic E-state index is -0.326. The molecular formula is C20H21ClN2O2. The molecule has 4 nitrogen and oxygen atoms in total. The monoisotopic (exact) mass is 356 g/mol. The molecule has 2 amide bonds. The molecule has 130 valence electrons. The van der Waals surface area contributed by atoms with Crippen molar-refractivity contribution in [3.8, 4) is 0 Å². The van der Waals surface area contributed by atoms with Crippen molar-refractivity contribution in [2.45, 2.75) is 26.8 Å². The number of nitrogens with zero attached hydrogens (tertiary/aromatic N) is 1. The largest absolute Gasteiger partial charge is 0.338 e. The quantitative estimate of drug-likeness (QED) is 0.901. The molecule has 5 heteroatoms. The van der Waals surface area contributed by atoms with Gasteiger partial charge >= 0.3 is 0 Å². The van der Waals surface area contributed by atoms with E-state index in [9.17, 15) is 9.59 Å². The Hall–Kier alpha value is -2.33. The van der Waals surface area contributed by atoms with Gasteiger partial charge in [-0.15, -0.1) is 0 Å². The number of hydrogen-bond donors (Lipinski definition) is 1. The Bertz CT molecular complexity index is 802. The number of hydrogen-bond acceptors (Lipinski definition) is 2. The number of halogens is 1. The maximum absolute atomic E-state index is 12.5. The van der Waals surface area contributed by atoms with Crippen molar-refractivity contribution in [2.75, 3.05) is 11.9 Å². The fourth-order valence-electron chi connectivity index (χ4n) is 3.02. The molecule has 2 aromatic carbocycles. The fourth-order valence-corrected chi connectivity index (χ4v) is 3.24. The zero-order chi connectivity index (χ0) is 18.0. The van der Waals surface area contributed by atoms with Gasteiger partial charge in [0, 0.05) is 30.2 Å². The number of nitrogens with one attached hydrogen (secondary N) is 1. The summed E-state index contributed by atoms with van der Waals surface area (Å²) in [7, 11) is 0. The molecule has 1 N–H and O–H groups in total. The van der Waals surface area contributed by atoms with E-state index < -0.39 is 0 Å². The molecule has 0 radical (unpaired) electrons. The van der Waals surface area contributed by atoms with Crippen LogP contribution in [-0.2, 0) is 16.1 Å². The second-order valence-corrected chi connectivity index (χ2v) is 7.05. The molecule has 0 aliphatic carbocycles. The van der Waals surface area contributed by atoms with Gasteiger partial charge < -0.3 is 10.2 Å². The van der Waals surface area contributed by atoms with E-state index in [2.05, 4.69) is 5.32 Å². The van der Waals surface area contributed by atoms with Gasteiger partial charge in [0.25, 0.3) is 0 Å². The molecule has 2 aromatic rings. The summed E-state index contributed by atoms with van der Waals surface area (Å²) < 4.78 is 0. The standard InChI is InChI=1S/C20H21ClN2O2/c1-13-3-5-15(6-4-13)11-23-12-16(10-19(23)24)20(25)22-18-8-7-17(21)9-14(18)2/h3-9,16H,10-12H2,1-2H3,(H,22,25)/t16-/m1/s1. The van der Waals surface area contributed by atoms with E-state index in [1.165, 1.54) is 5.56 Å². The van der Waals surface area contributed by atoms with Gasteiger partial charge in [-0.25, -0.2) is 0 Å². The zero-order valence-electron chi connectivity index (χ0n) is 14.4. The Morgan fingerprint density at radius 1 is 1.20 bits per heavy atom. The van der Waals surface area contributed by atoms with Gasteiger partial charge in [0.05, 0.1) is 5.92 Å². The molecule has 1 aliphatic rings. The van der Waals surface area contributed by atoms with E-state index in [4.69, 9.17) is 11.6 Å². The van der Waals surface area contributed by atoms with Gasteiger partial charge in [-0.05, 0) is 43.2 Å². The van der Waals surface area contributed by atoms with Crippen LogP contribution in [0.3, 0.4) is 0 Å². The Labute approximate surface area is 152 Å². The summed E-state index contributed by atoms with van der Waals surface area (Å²) in [4.78, 5) is 26.5. The Morgan fingerprint density at radius 2 is 1.92 bits per heavy atom. The molecule has 0 saturated carbocycles. The van der Waals surface area contributed by atoms with Gasteiger partial charge in [0.15, 0.2) is 0 Å². The lowest BCUT2D eigenvalue weighted by atomic mass is 10.1. The number of benzene rings is 2. The minimum Gasteiger partial charge on any atom is -0.338 e. The first-order valence-corrected chi connectivity index (χ1v) is 8.70. The highest BCUT2D eigenvalue weighted by Gasteiger charge is 2.34. The number of anilines is 1. The molecule has 0 bridgehead atoms.